The Morgan fingerprint density at radius 3 is 2.21 bits per heavy atom. The Kier molecular flexibility index (Phi) is 5.40. The molecule has 6 nitrogen and oxygen atoms in total. The number of hydrogen-bond donors (Lipinski definition) is 0. The van der Waals surface area contributed by atoms with Gasteiger partial charge in [0.05, 0.1) is 16.1 Å². The number of amides is 1. The van der Waals surface area contributed by atoms with Crippen LogP contribution in [0.5, 0.6) is 0 Å². The van der Waals surface area contributed by atoms with Gasteiger partial charge in [0.1, 0.15) is 17.3 Å². The highest BCUT2D eigenvalue weighted by molar-refractivity contribution is 5.94. The van der Waals surface area contributed by atoms with Gasteiger partial charge < -0.3 is 9.80 Å². The normalized spacial score (nSPS) is 14.8. The van der Waals surface area contributed by atoms with Crippen molar-refractivity contribution < 1.29 is 31.7 Å². The third kappa shape index (κ3) is 4.28. The number of nitrogens with zero attached hydrogens (tertiary/aromatic N) is 3. The SMILES string of the molecule is O=C(c1ccc(F)cc1F)N1CCN(c2ccc(C(F)(F)F)cc2[N+](=O)[O-])CC1. The summed E-state index contributed by atoms with van der Waals surface area (Å²) < 4.78 is 65.3. The minimum absolute atomic E-state index is 0.00283. The molecule has 1 aliphatic rings. The Hall–Kier alpha value is -3.24. The van der Waals surface area contributed by atoms with Crippen molar-refractivity contribution in [1.29, 1.82) is 0 Å². The third-order valence-corrected chi connectivity index (χ3v) is 4.57. The zero-order valence-electron chi connectivity index (χ0n) is 14.7. The molecule has 1 heterocycles. The second kappa shape index (κ2) is 7.64. The summed E-state index contributed by atoms with van der Waals surface area (Å²) in [6.07, 6.45) is -4.71. The number of nitro benzene ring substituents is 1. The summed E-state index contributed by atoms with van der Waals surface area (Å²) >= 11 is 0. The van der Waals surface area contributed by atoms with Gasteiger partial charge in [-0.25, -0.2) is 8.78 Å². The third-order valence-electron chi connectivity index (χ3n) is 4.57. The van der Waals surface area contributed by atoms with Crippen LogP contribution in [0.25, 0.3) is 0 Å². The van der Waals surface area contributed by atoms with Gasteiger partial charge in [-0.05, 0) is 24.3 Å². The van der Waals surface area contributed by atoms with Crippen LogP contribution in [0.1, 0.15) is 15.9 Å². The van der Waals surface area contributed by atoms with Gasteiger partial charge in [-0.3, -0.25) is 14.9 Å². The Morgan fingerprint density at radius 1 is 1.00 bits per heavy atom. The van der Waals surface area contributed by atoms with E-state index >= 15 is 0 Å². The monoisotopic (exact) mass is 415 g/mol. The number of carbonyl (C=O) groups is 1. The maximum atomic E-state index is 13.8. The molecule has 0 radical (unpaired) electrons. The quantitative estimate of drug-likeness (QED) is 0.434. The van der Waals surface area contributed by atoms with Crippen molar-refractivity contribution in [2.75, 3.05) is 31.1 Å². The van der Waals surface area contributed by atoms with E-state index < -0.39 is 39.9 Å². The zero-order valence-corrected chi connectivity index (χ0v) is 14.7. The molecule has 2 aromatic carbocycles. The summed E-state index contributed by atoms with van der Waals surface area (Å²) in [4.78, 5) is 25.5. The summed E-state index contributed by atoms with van der Waals surface area (Å²) in [6.45, 7) is 0.323. The van der Waals surface area contributed by atoms with Crippen LogP contribution in [0, 0.1) is 21.7 Å². The maximum absolute atomic E-state index is 13.8. The fourth-order valence-electron chi connectivity index (χ4n) is 3.10. The first-order chi connectivity index (χ1) is 13.6. The molecule has 3 rings (SSSR count). The van der Waals surface area contributed by atoms with Crippen molar-refractivity contribution in [1.82, 2.24) is 4.90 Å². The maximum Gasteiger partial charge on any atom is 0.416 e. The second-order valence-corrected chi connectivity index (χ2v) is 6.36. The van der Waals surface area contributed by atoms with Crippen LogP contribution in [0.2, 0.25) is 0 Å². The molecule has 2 aromatic rings. The summed E-state index contributed by atoms with van der Waals surface area (Å²) in [6, 6.07) is 4.83. The number of rotatable bonds is 3. The summed E-state index contributed by atoms with van der Waals surface area (Å²) in [5, 5.41) is 11.2. The van der Waals surface area contributed by atoms with E-state index in [0.717, 1.165) is 24.3 Å². The zero-order chi connectivity index (χ0) is 21.3. The molecule has 1 fully saturated rings. The van der Waals surface area contributed by atoms with E-state index in [0.29, 0.717) is 12.1 Å². The number of hydrogen-bond acceptors (Lipinski definition) is 4. The van der Waals surface area contributed by atoms with Gasteiger partial charge in [0, 0.05) is 38.3 Å². The van der Waals surface area contributed by atoms with E-state index in [4.69, 9.17) is 0 Å². The number of carbonyl (C=O) groups excluding carboxylic acids is 1. The van der Waals surface area contributed by atoms with Crippen LogP contribution in [-0.2, 0) is 6.18 Å². The van der Waals surface area contributed by atoms with Crippen molar-refractivity contribution in [2.45, 2.75) is 6.18 Å². The lowest BCUT2D eigenvalue weighted by molar-refractivity contribution is -0.384. The highest BCUT2D eigenvalue weighted by Crippen LogP contribution is 2.36. The molecule has 0 N–H and O–H groups in total. The Bertz CT molecular complexity index is 956. The van der Waals surface area contributed by atoms with Crippen molar-refractivity contribution >= 4 is 17.3 Å². The van der Waals surface area contributed by atoms with Crippen LogP contribution in [0.15, 0.2) is 36.4 Å². The topological polar surface area (TPSA) is 66.7 Å². The second-order valence-electron chi connectivity index (χ2n) is 6.36. The molecule has 154 valence electrons. The lowest BCUT2D eigenvalue weighted by atomic mass is 10.1. The van der Waals surface area contributed by atoms with E-state index in [1.165, 1.54) is 9.80 Å². The molecular weight excluding hydrogens is 401 g/mol. The van der Waals surface area contributed by atoms with Crippen molar-refractivity contribution in [3.05, 3.63) is 69.3 Å². The molecule has 1 amide bonds. The van der Waals surface area contributed by atoms with Crippen LogP contribution >= 0.6 is 0 Å². The number of piperazine rings is 1. The predicted octanol–water partition coefficient (Wildman–Crippen LogP) is 3.85. The van der Waals surface area contributed by atoms with Gasteiger partial charge in [-0.2, -0.15) is 13.2 Å². The molecule has 0 atom stereocenters. The minimum atomic E-state index is -4.71. The molecule has 0 aromatic heterocycles. The molecule has 1 aliphatic heterocycles. The van der Waals surface area contributed by atoms with Crippen LogP contribution in [-0.4, -0.2) is 41.9 Å². The first-order valence-electron chi connectivity index (χ1n) is 8.43. The molecule has 1 saturated heterocycles. The van der Waals surface area contributed by atoms with E-state index in [2.05, 4.69) is 0 Å². The largest absolute Gasteiger partial charge is 0.416 e. The average molecular weight is 415 g/mol. The molecular formula is C18H14F5N3O3. The highest BCUT2D eigenvalue weighted by Gasteiger charge is 2.34. The Balaban J connectivity index is 1.77. The number of nitro groups is 1. The van der Waals surface area contributed by atoms with Crippen molar-refractivity contribution in [2.24, 2.45) is 0 Å². The molecule has 0 saturated carbocycles. The lowest BCUT2D eigenvalue weighted by Gasteiger charge is -2.36. The van der Waals surface area contributed by atoms with Gasteiger partial charge in [0.15, 0.2) is 0 Å². The van der Waals surface area contributed by atoms with Gasteiger partial charge in [-0.15, -0.1) is 0 Å². The lowest BCUT2D eigenvalue weighted by Crippen LogP contribution is -2.49. The minimum Gasteiger partial charge on any atom is -0.362 e. The van der Waals surface area contributed by atoms with Gasteiger partial charge in [0.25, 0.3) is 11.6 Å². The number of anilines is 1. The molecule has 0 unspecified atom stereocenters. The first-order valence-corrected chi connectivity index (χ1v) is 8.43. The van der Waals surface area contributed by atoms with Gasteiger partial charge >= 0.3 is 6.18 Å². The van der Waals surface area contributed by atoms with E-state index in [1.807, 2.05) is 0 Å². The number of halogens is 5. The molecule has 11 heteroatoms. The standard InChI is InChI=1S/C18H14F5N3O3/c19-12-2-3-13(14(20)10-12)17(27)25-7-5-24(6-8-25)15-4-1-11(18(21,22)23)9-16(15)26(28)29/h1-4,9-10H,5-8H2. The fourth-order valence-corrected chi connectivity index (χ4v) is 3.10. The molecule has 0 bridgehead atoms. The Labute approximate surface area is 161 Å². The summed E-state index contributed by atoms with van der Waals surface area (Å²) in [7, 11) is 0. The van der Waals surface area contributed by atoms with Crippen molar-refractivity contribution in [3.8, 4) is 0 Å². The van der Waals surface area contributed by atoms with Gasteiger partial charge in [-0.1, -0.05) is 0 Å². The van der Waals surface area contributed by atoms with E-state index in [1.54, 1.807) is 0 Å². The van der Waals surface area contributed by atoms with E-state index in [-0.39, 0.29) is 37.4 Å². The van der Waals surface area contributed by atoms with E-state index in [9.17, 15) is 36.9 Å². The van der Waals surface area contributed by atoms with Crippen LogP contribution in [0.4, 0.5) is 33.3 Å². The predicted molar refractivity (Wildman–Crippen MR) is 92.6 cm³/mol. The number of alkyl halides is 3. The average Bonchev–Trinajstić information content (AvgIpc) is 2.66. The highest BCUT2D eigenvalue weighted by atomic mass is 19.4. The fraction of sp³-hybridized carbons (Fsp3) is 0.278. The smallest absolute Gasteiger partial charge is 0.362 e. The molecule has 29 heavy (non-hydrogen) atoms. The van der Waals surface area contributed by atoms with Crippen molar-refractivity contribution in [3.63, 3.8) is 0 Å². The Morgan fingerprint density at radius 2 is 1.66 bits per heavy atom. The molecule has 0 spiro atoms. The van der Waals surface area contributed by atoms with Crippen LogP contribution < -0.4 is 4.90 Å². The van der Waals surface area contributed by atoms with Crippen LogP contribution in [0.3, 0.4) is 0 Å². The first kappa shape index (κ1) is 20.5. The summed E-state index contributed by atoms with van der Waals surface area (Å²) in [5.74, 6) is -2.49. The summed E-state index contributed by atoms with van der Waals surface area (Å²) in [5.41, 5.74) is -2.12. The number of benzene rings is 2. The molecule has 0 aliphatic carbocycles. The van der Waals surface area contributed by atoms with Gasteiger partial charge in [0.2, 0.25) is 0 Å².